The van der Waals surface area contributed by atoms with E-state index in [1.54, 1.807) is 0 Å². The Morgan fingerprint density at radius 3 is 2.94 bits per heavy atom. The summed E-state index contributed by atoms with van der Waals surface area (Å²) in [6, 6.07) is 0. The number of amides is 1. The zero-order valence-electron chi connectivity index (χ0n) is 11.7. The standard InChI is InChI=1S/C14H27NO3/c1-3-5-13-10-11(7-9-18-13)14(17)15-8-6-12(16)4-2/h11-13,16H,3-10H2,1-2H3,(H,15,17). The quantitative estimate of drug-likeness (QED) is 0.732. The first-order chi connectivity index (χ1) is 8.67. The predicted octanol–water partition coefficient (Wildman–Crippen LogP) is 1.86. The topological polar surface area (TPSA) is 58.6 Å². The van der Waals surface area contributed by atoms with Crippen LogP contribution in [-0.2, 0) is 9.53 Å². The van der Waals surface area contributed by atoms with Crippen molar-refractivity contribution >= 4 is 5.91 Å². The lowest BCUT2D eigenvalue weighted by Gasteiger charge is -2.28. The molecule has 0 spiro atoms. The van der Waals surface area contributed by atoms with Crippen molar-refractivity contribution in [3.8, 4) is 0 Å². The van der Waals surface area contributed by atoms with Crippen molar-refractivity contribution in [2.75, 3.05) is 13.2 Å². The zero-order valence-corrected chi connectivity index (χ0v) is 11.7. The van der Waals surface area contributed by atoms with Crippen LogP contribution in [0.2, 0.25) is 0 Å². The van der Waals surface area contributed by atoms with Crippen molar-refractivity contribution in [2.45, 2.75) is 64.6 Å². The summed E-state index contributed by atoms with van der Waals surface area (Å²) in [7, 11) is 0. The van der Waals surface area contributed by atoms with Gasteiger partial charge in [0.2, 0.25) is 5.91 Å². The van der Waals surface area contributed by atoms with Crippen LogP contribution in [0, 0.1) is 5.92 Å². The molecule has 18 heavy (non-hydrogen) atoms. The van der Waals surface area contributed by atoms with Crippen LogP contribution in [0.15, 0.2) is 0 Å². The first kappa shape index (κ1) is 15.4. The highest BCUT2D eigenvalue weighted by Crippen LogP contribution is 2.23. The van der Waals surface area contributed by atoms with Crippen LogP contribution in [0.25, 0.3) is 0 Å². The van der Waals surface area contributed by atoms with Crippen molar-refractivity contribution < 1.29 is 14.6 Å². The lowest BCUT2D eigenvalue weighted by atomic mass is 9.92. The zero-order chi connectivity index (χ0) is 13.4. The summed E-state index contributed by atoms with van der Waals surface area (Å²) in [5.41, 5.74) is 0. The van der Waals surface area contributed by atoms with Gasteiger partial charge in [-0.2, -0.15) is 0 Å². The van der Waals surface area contributed by atoms with Crippen LogP contribution >= 0.6 is 0 Å². The Morgan fingerprint density at radius 2 is 2.28 bits per heavy atom. The Hall–Kier alpha value is -0.610. The molecule has 1 rings (SSSR count). The van der Waals surface area contributed by atoms with Crippen LogP contribution in [0.4, 0.5) is 0 Å². The average molecular weight is 257 g/mol. The molecule has 1 fully saturated rings. The molecule has 0 aromatic rings. The molecule has 106 valence electrons. The highest BCUT2D eigenvalue weighted by atomic mass is 16.5. The number of ether oxygens (including phenoxy) is 1. The first-order valence-electron chi connectivity index (χ1n) is 7.24. The van der Waals surface area contributed by atoms with Gasteiger partial charge in [-0.25, -0.2) is 0 Å². The van der Waals surface area contributed by atoms with Gasteiger partial charge < -0.3 is 15.2 Å². The summed E-state index contributed by atoms with van der Waals surface area (Å²) in [5.74, 6) is 0.219. The second kappa shape index (κ2) is 8.48. The van der Waals surface area contributed by atoms with E-state index in [-0.39, 0.29) is 24.0 Å². The predicted molar refractivity (Wildman–Crippen MR) is 71.3 cm³/mol. The SMILES string of the molecule is CCCC1CC(C(=O)NCCC(O)CC)CCO1. The monoisotopic (exact) mass is 257 g/mol. The van der Waals surface area contributed by atoms with Crippen molar-refractivity contribution in [2.24, 2.45) is 5.92 Å². The number of aliphatic hydroxyl groups excluding tert-OH is 1. The van der Waals surface area contributed by atoms with E-state index in [2.05, 4.69) is 12.2 Å². The fourth-order valence-electron chi connectivity index (χ4n) is 2.35. The van der Waals surface area contributed by atoms with E-state index >= 15 is 0 Å². The van der Waals surface area contributed by atoms with E-state index in [0.29, 0.717) is 19.6 Å². The average Bonchev–Trinajstić information content (AvgIpc) is 2.39. The number of carbonyl (C=O) groups is 1. The molecule has 1 heterocycles. The minimum atomic E-state index is -0.298. The lowest BCUT2D eigenvalue weighted by molar-refractivity contribution is -0.130. The molecule has 1 aliphatic rings. The van der Waals surface area contributed by atoms with Gasteiger partial charge in [-0.3, -0.25) is 4.79 Å². The summed E-state index contributed by atoms with van der Waals surface area (Å²) in [5, 5.41) is 12.3. The number of aliphatic hydroxyl groups is 1. The largest absolute Gasteiger partial charge is 0.393 e. The molecular formula is C14H27NO3. The highest BCUT2D eigenvalue weighted by Gasteiger charge is 2.27. The molecule has 0 aromatic carbocycles. The minimum Gasteiger partial charge on any atom is -0.393 e. The summed E-state index contributed by atoms with van der Waals surface area (Å²) >= 11 is 0. The Morgan fingerprint density at radius 1 is 1.50 bits per heavy atom. The van der Waals surface area contributed by atoms with Crippen LogP contribution in [0.3, 0.4) is 0 Å². The fourth-order valence-corrected chi connectivity index (χ4v) is 2.35. The Bertz CT molecular complexity index is 243. The van der Waals surface area contributed by atoms with E-state index in [1.807, 2.05) is 6.92 Å². The number of rotatable bonds is 7. The van der Waals surface area contributed by atoms with Gasteiger partial charge in [-0.15, -0.1) is 0 Å². The summed E-state index contributed by atoms with van der Waals surface area (Å²) in [4.78, 5) is 12.0. The van der Waals surface area contributed by atoms with Crippen molar-refractivity contribution in [1.82, 2.24) is 5.32 Å². The van der Waals surface area contributed by atoms with Crippen LogP contribution in [0.5, 0.6) is 0 Å². The molecule has 4 nitrogen and oxygen atoms in total. The number of hydrogen-bond acceptors (Lipinski definition) is 3. The van der Waals surface area contributed by atoms with Gasteiger partial charge in [-0.05, 0) is 32.1 Å². The smallest absolute Gasteiger partial charge is 0.223 e. The van der Waals surface area contributed by atoms with Crippen molar-refractivity contribution in [3.63, 3.8) is 0 Å². The summed E-state index contributed by atoms with van der Waals surface area (Å²) in [6.07, 6.45) is 5.14. The van der Waals surface area contributed by atoms with Crippen molar-refractivity contribution in [3.05, 3.63) is 0 Å². The van der Waals surface area contributed by atoms with Gasteiger partial charge in [0, 0.05) is 19.1 Å². The van der Waals surface area contributed by atoms with Crippen LogP contribution in [0.1, 0.15) is 52.4 Å². The molecule has 4 heteroatoms. The summed E-state index contributed by atoms with van der Waals surface area (Å²) in [6.45, 7) is 5.35. The molecule has 1 saturated heterocycles. The number of hydrogen-bond donors (Lipinski definition) is 2. The Labute approximate surface area is 110 Å². The normalized spacial score (nSPS) is 25.7. The molecule has 0 aromatic heterocycles. The van der Waals surface area contributed by atoms with Crippen LogP contribution in [-0.4, -0.2) is 36.4 Å². The van der Waals surface area contributed by atoms with E-state index < -0.39 is 0 Å². The van der Waals surface area contributed by atoms with E-state index in [9.17, 15) is 9.90 Å². The third-order valence-corrected chi connectivity index (χ3v) is 3.60. The number of nitrogens with one attached hydrogen (secondary N) is 1. The van der Waals surface area contributed by atoms with Gasteiger partial charge >= 0.3 is 0 Å². The van der Waals surface area contributed by atoms with E-state index in [0.717, 1.165) is 32.1 Å². The van der Waals surface area contributed by atoms with E-state index in [4.69, 9.17) is 4.74 Å². The lowest BCUT2D eigenvalue weighted by Crippen LogP contribution is -2.38. The highest BCUT2D eigenvalue weighted by molar-refractivity contribution is 5.78. The van der Waals surface area contributed by atoms with Gasteiger partial charge in [0.15, 0.2) is 0 Å². The third kappa shape index (κ3) is 5.36. The maximum atomic E-state index is 12.0. The fraction of sp³-hybridized carbons (Fsp3) is 0.929. The Kier molecular flexibility index (Phi) is 7.28. The maximum Gasteiger partial charge on any atom is 0.223 e. The maximum absolute atomic E-state index is 12.0. The molecule has 0 saturated carbocycles. The van der Waals surface area contributed by atoms with Crippen molar-refractivity contribution in [1.29, 1.82) is 0 Å². The van der Waals surface area contributed by atoms with Gasteiger partial charge in [-0.1, -0.05) is 20.3 Å². The minimum absolute atomic E-state index is 0.0917. The van der Waals surface area contributed by atoms with Gasteiger partial charge in [0.05, 0.1) is 12.2 Å². The molecule has 0 aliphatic carbocycles. The molecular weight excluding hydrogens is 230 g/mol. The molecule has 2 N–H and O–H groups in total. The van der Waals surface area contributed by atoms with Gasteiger partial charge in [0.25, 0.3) is 0 Å². The summed E-state index contributed by atoms with van der Waals surface area (Å²) < 4.78 is 5.64. The molecule has 0 radical (unpaired) electrons. The molecule has 0 bridgehead atoms. The Balaban J connectivity index is 2.24. The molecule has 1 amide bonds. The third-order valence-electron chi connectivity index (χ3n) is 3.60. The number of carbonyl (C=O) groups excluding carboxylic acids is 1. The molecule has 1 aliphatic heterocycles. The van der Waals surface area contributed by atoms with Gasteiger partial charge in [0.1, 0.15) is 0 Å². The first-order valence-corrected chi connectivity index (χ1v) is 7.24. The molecule has 3 unspecified atom stereocenters. The second-order valence-corrected chi connectivity index (χ2v) is 5.14. The second-order valence-electron chi connectivity index (χ2n) is 5.14. The molecule has 3 atom stereocenters. The van der Waals surface area contributed by atoms with E-state index in [1.165, 1.54) is 0 Å². The van der Waals surface area contributed by atoms with Crippen LogP contribution < -0.4 is 5.32 Å².